The van der Waals surface area contributed by atoms with Gasteiger partial charge in [-0.3, -0.25) is 4.79 Å². The zero-order valence-corrected chi connectivity index (χ0v) is 16.9. The van der Waals surface area contributed by atoms with E-state index in [4.69, 9.17) is 25.8 Å². The van der Waals surface area contributed by atoms with E-state index in [1.54, 1.807) is 37.5 Å². The Bertz CT molecular complexity index is 885. The third-order valence-corrected chi connectivity index (χ3v) is 4.16. The molecule has 148 valence electrons. The summed E-state index contributed by atoms with van der Waals surface area (Å²) in [6.45, 7) is 3.34. The highest BCUT2D eigenvalue weighted by Gasteiger charge is 2.11. The predicted octanol–water partition coefficient (Wildman–Crippen LogP) is 4.17. The number of hydrogen-bond acceptors (Lipinski definition) is 5. The number of esters is 1. The summed E-state index contributed by atoms with van der Waals surface area (Å²) in [4.78, 5) is 23.9. The Morgan fingerprint density at radius 3 is 2.43 bits per heavy atom. The minimum atomic E-state index is -0.642. The molecule has 0 aromatic heterocycles. The molecular weight excluding hydrogens is 382 g/mol. The molecule has 0 radical (unpaired) electrons. The van der Waals surface area contributed by atoms with E-state index in [1.165, 1.54) is 13.2 Å². The number of carbonyl (C=O) groups is 2. The quantitative estimate of drug-likeness (QED) is 0.554. The highest BCUT2D eigenvalue weighted by atomic mass is 35.5. The summed E-state index contributed by atoms with van der Waals surface area (Å²) >= 11 is 6.15. The number of aryl methyl sites for hydroxylation is 2. The normalized spacial score (nSPS) is 10.6. The number of benzene rings is 2. The van der Waals surface area contributed by atoms with Crippen LogP contribution in [0.4, 0.5) is 5.69 Å². The molecule has 2 rings (SSSR count). The Kier molecular flexibility index (Phi) is 7.46. The van der Waals surface area contributed by atoms with E-state index in [2.05, 4.69) is 5.32 Å². The van der Waals surface area contributed by atoms with E-state index in [0.29, 0.717) is 22.2 Å². The molecule has 7 heteroatoms. The van der Waals surface area contributed by atoms with Crippen molar-refractivity contribution in [2.45, 2.75) is 13.8 Å². The Balaban J connectivity index is 1.92. The number of amides is 1. The Hall–Kier alpha value is -2.99. The Morgan fingerprint density at radius 2 is 1.79 bits per heavy atom. The van der Waals surface area contributed by atoms with Crippen molar-refractivity contribution in [1.29, 1.82) is 0 Å². The summed E-state index contributed by atoms with van der Waals surface area (Å²) in [5, 5.41) is 3.10. The second kappa shape index (κ2) is 9.80. The van der Waals surface area contributed by atoms with Crippen LogP contribution < -0.4 is 14.8 Å². The Labute approximate surface area is 169 Å². The number of halogens is 1. The molecule has 0 aliphatic carbocycles. The highest BCUT2D eigenvalue weighted by molar-refractivity contribution is 6.34. The van der Waals surface area contributed by atoms with Gasteiger partial charge in [0.05, 0.1) is 24.9 Å². The predicted molar refractivity (Wildman–Crippen MR) is 109 cm³/mol. The molecule has 0 heterocycles. The first-order valence-electron chi connectivity index (χ1n) is 8.47. The molecule has 0 atom stereocenters. The van der Waals surface area contributed by atoms with Gasteiger partial charge in [0.1, 0.15) is 0 Å². The fraction of sp³-hybridized carbons (Fsp3) is 0.238. The van der Waals surface area contributed by atoms with Gasteiger partial charge in [0.15, 0.2) is 18.1 Å². The molecule has 1 N–H and O–H groups in total. The minimum absolute atomic E-state index is 0.418. The summed E-state index contributed by atoms with van der Waals surface area (Å²) < 4.78 is 15.3. The van der Waals surface area contributed by atoms with Gasteiger partial charge in [0.2, 0.25) is 0 Å². The van der Waals surface area contributed by atoms with Gasteiger partial charge >= 0.3 is 5.97 Å². The highest BCUT2D eigenvalue weighted by Crippen LogP contribution is 2.28. The van der Waals surface area contributed by atoms with Gasteiger partial charge in [-0.25, -0.2) is 4.79 Å². The second-order valence-electron chi connectivity index (χ2n) is 6.04. The third-order valence-electron chi connectivity index (χ3n) is 3.86. The van der Waals surface area contributed by atoms with E-state index < -0.39 is 18.5 Å². The number of hydrogen-bond donors (Lipinski definition) is 1. The van der Waals surface area contributed by atoms with E-state index in [9.17, 15) is 9.59 Å². The van der Waals surface area contributed by atoms with Gasteiger partial charge in [-0.15, -0.1) is 0 Å². The maximum atomic E-state index is 12.0. The number of nitrogens with one attached hydrogen (secondary N) is 1. The summed E-state index contributed by atoms with van der Waals surface area (Å²) in [7, 11) is 3.07. The van der Waals surface area contributed by atoms with Crippen LogP contribution in [-0.2, 0) is 14.3 Å². The lowest BCUT2D eigenvalue weighted by atomic mass is 10.1. The van der Waals surface area contributed by atoms with Crippen molar-refractivity contribution in [2.24, 2.45) is 0 Å². The molecule has 28 heavy (non-hydrogen) atoms. The molecular formula is C21H22ClNO5. The molecule has 0 saturated carbocycles. The molecule has 6 nitrogen and oxygen atoms in total. The van der Waals surface area contributed by atoms with Gasteiger partial charge < -0.3 is 19.5 Å². The van der Waals surface area contributed by atoms with E-state index in [0.717, 1.165) is 16.7 Å². The summed E-state index contributed by atoms with van der Waals surface area (Å²) in [5.41, 5.74) is 3.06. The number of anilines is 1. The van der Waals surface area contributed by atoms with Crippen LogP contribution in [0.15, 0.2) is 36.4 Å². The molecule has 0 saturated heterocycles. The fourth-order valence-electron chi connectivity index (χ4n) is 2.56. The van der Waals surface area contributed by atoms with Crippen LogP contribution in [0.1, 0.15) is 16.7 Å². The zero-order chi connectivity index (χ0) is 20.7. The van der Waals surface area contributed by atoms with Crippen LogP contribution in [-0.4, -0.2) is 32.7 Å². The average molecular weight is 404 g/mol. The number of methoxy groups -OCH3 is 2. The molecule has 0 fully saturated rings. The first kappa shape index (κ1) is 21.3. The summed E-state index contributed by atoms with van der Waals surface area (Å²) in [6.07, 6.45) is 2.79. The lowest BCUT2D eigenvalue weighted by Gasteiger charge is -2.11. The van der Waals surface area contributed by atoms with Crippen LogP contribution in [0.3, 0.4) is 0 Å². The van der Waals surface area contributed by atoms with Crippen molar-refractivity contribution in [3.8, 4) is 11.5 Å². The van der Waals surface area contributed by atoms with Crippen molar-refractivity contribution >= 4 is 35.2 Å². The topological polar surface area (TPSA) is 73.9 Å². The first-order chi connectivity index (χ1) is 13.3. The van der Waals surface area contributed by atoms with Crippen LogP contribution in [0, 0.1) is 13.8 Å². The SMILES string of the molecule is COc1ccc(/C=C/C(=O)OCC(=O)Nc2c(C)cc(C)cc2Cl)cc1OC. The first-order valence-corrected chi connectivity index (χ1v) is 8.85. The Morgan fingerprint density at radius 1 is 1.07 bits per heavy atom. The summed E-state index contributed by atoms with van der Waals surface area (Å²) in [6, 6.07) is 8.86. The maximum absolute atomic E-state index is 12.0. The molecule has 0 aliphatic rings. The van der Waals surface area contributed by atoms with Crippen LogP contribution in [0.2, 0.25) is 5.02 Å². The fourth-order valence-corrected chi connectivity index (χ4v) is 2.92. The van der Waals surface area contributed by atoms with Crippen molar-refractivity contribution in [2.75, 3.05) is 26.1 Å². The minimum Gasteiger partial charge on any atom is -0.493 e. The molecule has 0 unspecified atom stereocenters. The van der Waals surface area contributed by atoms with Gasteiger partial charge in [-0.1, -0.05) is 23.7 Å². The van der Waals surface area contributed by atoms with Crippen molar-refractivity contribution in [3.63, 3.8) is 0 Å². The zero-order valence-electron chi connectivity index (χ0n) is 16.2. The van der Waals surface area contributed by atoms with Gasteiger partial charge in [-0.2, -0.15) is 0 Å². The van der Waals surface area contributed by atoms with Gasteiger partial charge in [0, 0.05) is 6.08 Å². The van der Waals surface area contributed by atoms with E-state index in [-0.39, 0.29) is 0 Å². The number of rotatable bonds is 7. The standard InChI is InChI=1S/C21H22ClNO5/c1-13-9-14(2)21(16(22)10-13)23-19(24)12-28-20(25)8-6-15-5-7-17(26-3)18(11-15)27-4/h5-11H,12H2,1-4H3,(H,23,24)/b8-6+. The van der Waals surface area contributed by atoms with Crippen LogP contribution in [0.5, 0.6) is 11.5 Å². The molecule has 2 aromatic rings. The molecule has 2 aromatic carbocycles. The lowest BCUT2D eigenvalue weighted by molar-refractivity contribution is -0.142. The van der Waals surface area contributed by atoms with Crippen molar-refractivity contribution < 1.29 is 23.8 Å². The van der Waals surface area contributed by atoms with Gasteiger partial charge in [-0.05, 0) is 54.8 Å². The smallest absolute Gasteiger partial charge is 0.331 e. The summed E-state index contributed by atoms with van der Waals surface area (Å²) in [5.74, 6) is 0.0186. The molecule has 1 amide bonds. The van der Waals surface area contributed by atoms with Gasteiger partial charge in [0.25, 0.3) is 5.91 Å². The third kappa shape index (κ3) is 5.76. The van der Waals surface area contributed by atoms with Crippen LogP contribution in [0.25, 0.3) is 6.08 Å². The maximum Gasteiger partial charge on any atom is 0.331 e. The van der Waals surface area contributed by atoms with Crippen molar-refractivity contribution in [1.82, 2.24) is 0 Å². The molecule has 0 spiro atoms. The molecule has 0 aliphatic heterocycles. The molecule has 0 bridgehead atoms. The van der Waals surface area contributed by atoms with E-state index >= 15 is 0 Å². The van der Waals surface area contributed by atoms with Crippen molar-refractivity contribution in [3.05, 3.63) is 58.1 Å². The largest absolute Gasteiger partial charge is 0.493 e. The number of ether oxygens (including phenoxy) is 3. The van der Waals surface area contributed by atoms with Crippen LogP contribution >= 0.6 is 11.6 Å². The average Bonchev–Trinajstić information content (AvgIpc) is 2.67. The second-order valence-corrected chi connectivity index (χ2v) is 6.45. The monoisotopic (exact) mass is 403 g/mol. The number of carbonyl (C=O) groups excluding carboxylic acids is 2. The lowest BCUT2D eigenvalue weighted by Crippen LogP contribution is -2.20. The van der Waals surface area contributed by atoms with E-state index in [1.807, 2.05) is 19.9 Å².